The first-order valence-electron chi connectivity index (χ1n) is 9.54. The summed E-state index contributed by atoms with van der Waals surface area (Å²) in [6.45, 7) is 6.41. The molecule has 3 rings (SSSR count). The number of carbonyl (C=O) groups excluding carboxylic acids is 2. The lowest BCUT2D eigenvalue weighted by molar-refractivity contribution is 0.0526. The summed E-state index contributed by atoms with van der Waals surface area (Å²) in [5.41, 5.74) is 3.14. The first kappa shape index (κ1) is 19.7. The minimum absolute atomic E-state index is 0.106. The van der Waals surface area contributed by atoms with Gasteiger partial charge in [-0.2, -0.15) is 0 Å². The summed E-state index contributed by atoms with van der Waals surface area (Å²) in [5, 5.41) is 6.39. The Morgan fingerprint density at radius 1 is 1.07 bits per heavy atom. The van der Waals surface area contributed by atoms with Gasteiger partial charge >= 0.3 is 12.1 Å². The van der Waals surface area contributed by atoms with Gasteiger partial charge in [0.1, 0.15) is 6.61 Å². The molecular formula is C22H26N2O4. The minimum Gasteiger partial charge on any atom is -0.462 e. The second-order valence-electron chi connectivity index (χ2n) is 7.00. The average Bonchev–Trinajstić information content (AvgIpc) is 2.70. The molecule has 3 atom stereocenters. The summed E-state index contributed by atoms with van der Waals surface area (Å²) in [7, 11) is 0. The van der Waals surface area contributed by atoms with Crippen molar-refractivity contribution in [3.8, 4) is 0 Å². The van der Waals surface area contributed by atoms with Gasteiger partial charge in [-0.25, -0.2) is 9.59 Å². The van der Waals surface area contributed by atoms with Gasteiger partial charge in [0.2, 0.25) is 0 Å². The first-order chi connectivity index (χ1) is 13.5. The number of esters is 1. The number of ether oxygens (including phenoxy) is 2. The Morgan fingerprint density at radius 2 is 1.82 bits per heavy atom. The zero-order valence-corrected chi connectivity index (χ0v) is 16.4. The van der Waals surface area contributed by atoms with Crippen LogP contribution in [0.15, 0.2) is 48.5 Å². The lowest BCUT2D eigenvalue weighted by atomic mass is 9.84. The van der Waals surface area contributed by atoms with Crippen LogP contribution >= 0.6 is 0 Å². The Hall–Kier alpha value is -3.02. The van der Waals surface area contributed by atoms with Crippen LogP contribution in [0.3, 0.4) is 0 Å². The van der Waals surface area contributed by atoms with Gasteiger partial charge in [-0.15, -0.1) is 0 Å². The fraction of sp³-hybridized carbons (Fsp3) is 0.364. The first-order valence-corrected chi connectivity index (χ1v) is 9.54. The molecule has 0 bridgehead atoms. The standard InChI is InChI=1S/C22H26N2O4/c1-4-27-21(25)17-10-11-19-18(12-17)20(14(2)15(3)23-19)24-22(26)28-13-16-8-6-5-7-9-16/h5-12,14-15,20,23H,4,13H2,1-3H3,(H,24,26). The monoisotopic (exact) mass is 382 g/mol. The van der Waals surface area contributed by atoms with E-state index in [1.165, 1.54) is 0 Å². The highest BCUT2D eigenvalue weighted by atomic mass is 16.5. The van der Waals surface area contributed by atoms with Gasteiger partial charge in [-0.1, -0.05) is 37.3 Å². The average molecular weight is 382 g/mol. The predicted molar refractivity (Wildman–Crippen MR) is 107 cm³/mol. The highest BCUT2D eigenvalue weighted by molar-refractivity contribution is 5.90. The van der Waals surface area contributed by atoms with E-state index in [-0.39, 0.29) is 30.6 Å². The second-order valence-corrected chi connectivity index (χ2v) is 7.00. The molecule has 3 unspecified atom stereocenters. The molecule has 28 heavy (non-hydrogen) atoms. The number of nitrogens with one attached hydrogen (secondary N) is 2. The Morgan fingerprint density at radius 3 is 2.54 bits per heavy atom. The van der Waals surface area contributed by atoms with E-state index in [1.807, 2.05) is 36.4 Å². The molecule has 1 aliphatic heterocycles. The van der Waals surface area contributed by atoms with Crippen molar-refractivity contribution in [2.24, 2.45) is 5.92 Å². The zero-order valence-electron chi connectivity index (χ0n) is 16.4. The van der Waals surface area contributed by atoms with Crippen molar-refractivity contribution >= 4 is 17.7 Å². The van der Waals surface area contributed by atoms with Crippen LogP contribution in [0.25, 0.3) is 0 Å². The molecule has 0 spiro atoms. The molecule has 2 aromatic carbocycles. The van der Waals surface area contributed by atoms with Gasteiger partial charge < -0.3 is 20.1 Å². The quantitative estimate of drug-likeness (QED) is 0.755. The summed E-state index contributed by atoms with van der Waals surface area (Å²) >= 11 is 0. The molecular weight excluding hydrogens is 356 g/mol. The normalized spacial score (nSPS) is 20.5. The van der Waals surface area contributed by atoms with E-state index in [4.69, 9.17) is 9.47 Å². The van der Waals surface area contributed by atoms with Crippen molar-refractivity contribution in [3.63, 3.8) is 0 Å². The molecule has 0 saturated heterocycles. The van der Waals surface area contributed by atoms with Crippen LogP contribution in [0.1, 0.15) is 48.3 Å². The third kappa shape index (κ3) is 4.44. The van der Waals surface area contributed by atoms with Crippen molar-refractivity contribution in [2.45, 2.75) is 39.5 Å². The van der Waals surface area contributed by atoms with Crippen LogP contribution in [0.5, 0.6) is 0 Å². The lowest BCUT2D eigenvalue weighted by Gasteiger charge is -2.37. The fourth-order valence-electron chi connectivity index (χ4n) is 3.34. The maximum absolute atomic E-state index is 12.4. The molecule has 1 aliphatic rings. The van der Waals surface area contributed by atoms with Gasteiger partial charge in [0.15, 0.2) is 0 Å². The van der Waals surface area contributed by atoms with Crippen LogP contribution in [-0.2, 0) is 16.1 Å². The van der Waals surface area contributed by atoms with E-state index in [0.29, 0.717) is 12.2 Å². The Bertz CT molecular complexity index is 838. The van der Waals surface area contributed by atoms with E-state index in [0.717, 1.165) is 16.8 Å². The molecule has 2 aromatic rings. The van der Waals surface area contributed by atoms with Gasteiger partial charge in [-0.05, 0) is 43.2 Å². The van der Waals surface area contributed by atoms with Crippen LogP contribution in [0.2, 0.25) is 0 Å². The van der Waals surface area contributed by atoms with Crippen molar-refractivity contribution in [3.05, 3.63) is 65.2 Å². The van der Waals surface area contributed by atoms with E-state index < -0.39 is 6.09 Å². The predicted octanol–water partition coefficient (Wildman–Crippen LogP) is 4.28. The Kier molecular flexibility index (Phi) is 6.19. The number of anilines is 1. The number of carbonyl (C=O) groups is 2. The van der Waals surface area contributed by atoms with Crippen LogP contribution in [0.4, 0.5) is 10.5 Å². The van der Waals surface area contributed by atoms with Crippen molar-refractivity contribution < 1.29 is 19.1 Å². The zero-order chi connectivity index (χ0) is 20.1. The number of rotatable bonds is 5. The van der Waals surface area contributed by atoms with Crippen LogP contribution in [-0.4, -0.2) is 24.7 Å². The number of hydrogen-bond donors (Lipinski definition) is 2. The lowest BCUT2D eigenvalue weighted by Crippen LogP contribution is -2.42. The SMILES string of the molecule is CCOC(=O)c1ccc2c(c1)C(NC(=O)OCc1ccccc1)C(C)C(C)N2. The molecule has 0 saturated carbocycles. The fourth-order valence-corrected chi connectivity index (χ4v) is 3.34. The third-order valence-electron chi connectivity index (χ3n) is 5.08. The highest BCUT2D eigenvalue weighted by Gasteiger charge is 2.33. The summed E-state index contributed by atoms with van der Waals surface area (Å²) < 4.78 is 10.5. The maximum Gasteiger partial charge on any atom is 0.407 e. The van der Waals surface area contributed by atoms with E-state index >= 15 is 0 Å². The second kappa shape index (κ2) is 8.78. The summed E-state index contributed by atoms with van der Waals surface area (Å²) in [5.74, 6) is -0.267. The molecule has 148 valence electrons. The maximum atomic E-state index is 12.4. The van der Waals surface area contributed by atoms with Gasteiger partial charge in [0.05, 0.1) is 18.2 Å². The molecule has 0 fully saturated rings. The van der Waals surface area contributed by atoms with E-state index in [2.05, 4.69) is 24.5 Å². The summed E-state index contributed by atoms with van der Waals surface area (Å²) in [6, 6.07) is 14.8. The molecule has 0 aliphatic carbocycles. The Balaban J connectivity index is 1.77. The van der Waals surface area contributed by atoms with Crippen LogP contribution < -0.4 is 10.6 Å². The molecule has 2 N–H and O–H groups in total. The van der Waals surface area contributed by atoms with Gasteiger partial charge in [0.25, 0.3) is 0 Å². The number of amides is 1. The molecule has 0 radical (unpaired) electrons. The number of fused-ring (bicyclic) bond motifs is 1. The molecule has 1 heterocycles. The van der Waals surface area contributed by atoms with Gasteiger partial charge in [-0.3, -0.25) is 0 Å². The topological polar surface area (TPSA) is 76.7 Å². The van der Waals surface area contributed by atoms with E-state index in [9.17, 15) is 9.59 Å². The van der Waals surface area contributed by atoms with Crippen molar-refractivity contribution in [1.82, 2.24) is 5.32 Å². The summed E-state index contributed by atoms with van der Waals surface area (Å²) in [4.78, 5) is 24.5. The number of benzene rings is 2. The number of alkyl carbamates (subject to hydrolysis) is 1. The van der Waals surface area contributed by atoms with Crippen molar-refractivity contribution in [2.75, 3.05) is 11.9 Å². The molecule has 1 amide bonds. The Labute approximate surface area is 165 Å². The number of hydrogen-bond acceptors (Lipinski definition) is 5. The highest BCUT2D eigenvalue weighted by Crippen LogP contribution is 2.37. The van der Waals surface area contributed by atoms with Crippen molar-refractivity contribution in [1.29, 1.82) is 0 Å². The van der Waals surface area contributed by atoms with Gasteiger partial charge in [0, 0.05) is 17.6 Å². The largest absolute Gasteiger partial charge is 0.462 e. The van der Waals surface area contributed by atoms with Crippen LogP contribution in [0, 0.1) is 5.92 Å². The molecule has 6 heteroatoms. The minimum atomic E-state index is -0.484. The molecule has 0 aromatic heterocycles. The van der Waals surface area contributed by atoms with E-state index in [1.54, 1.807) is 19.1 Å². The smallest absolute Gasteiger partial charge is 0.407 e. The summed E-state index contributed by atoms with van der Waals surface area (Å²) in [6.07, 6.45) is -0.484. The third-order valence-corrected chi connectivity index (χ3v) is 5.08. The molecule has 6 nitrogen and oxygen atoms in total.